The summed E-state index contributed by atoms with van der Waals surface area (Å²) >= 11 is 5.68. The minimum Gasteiger partial charge on any atom is -0.496 e. The zero-order chi connectivity index (χ0) is 84.0. The van der Waals surface area contributed by atoms with Gasteiger partial charge in [-0.15, -0.1) is 0 Å². The van der Waals surface area contributed by atoms with E-state index in [1.54, 1.807) is 79.7 Å². The van der Waals surface area contributed by atoms with E-state index < -0.39 is 6.03 Å². The van der Waals surface area contributed by atoms with Crippen LogP contribution in [0.2, 0.25) is 0 Å². The number of carbonyl (C=O) groups is 6. The van der Waals surface area contributed by atoms with E-state index in [4.69, 9.17) is 23.7 Å². The standard InChI is InChI=1S/C19H20N4O2S.C17H14N4O3S.C16H22N4O2S.C15H20N4O2S.C14H18N4O2S/c1-13(2)12-25-16-11-7-6-10-15(16)20-18(24)22-19-21-17(23-26-19)14-8-4-3-5-9-14;1-24-14-9-5-3-7-12(14)15(22)11-6-2-4-8-13(11)20-16(23)21-17-18-10-19-25-17;1-10(2)9-22-13-8-6-5-7-12(13)17-15(21)19-16-18-14(11(3)4)20-23-16;1-4-13-17-15(22-19-13)18-14(20)16-11-7-5-6-8-12(11)21-9-10(2)3;1-9(2)8-20-12-7-5-4-6-11(12)16-13(19)17-14-15-10(3)18-21-14/h3-11,13H,12H2,1-2H3,(H2,20,21,22,23,24);2-10H,1H3,(H2,18,19,20,21,23);5-8,10-11H,9H2,1-4H3,(H2,17,18,19,20,21);5-8,10H,4,9H2,1-3H3,(H2,16,17,18,19,20);4-7,9H,8H2,1-3H3,(H2,15,16,17,18,19). The largest absolute Gasteiger partial charge is 0.496 e. The molecular formula is C81H94N20O11S5. The number of amides is 10. The van der Waals surface area contributed by atoms with E-state index in [0.717, 1.165) is 58.2 Å². The van der Waals surface area contributed by atoms with Gasteiger partial charge in [0.1, 0.15) is 52.5 Å². The zero-order valence-corrected chi connectivity index (χ0v) is 70.8. The molecule has 0 saturated heterocycles. The van der Waals surface area contributed by atoms with Gasteiger partial charge in [0.05, 0.1) is 67.5 Å². The first kappa shape index (κ1) is 89.9. The second-order valence-electron chi connectivity index (χ2n) is 26.9. The Labute approximate surface area is 699 Å². The molecule has 5 heterocycles. The number of ketones is 1. The SMILES string of the molecule is CC(C)COc1ccccc1NC(=O)Nc1nc(-c2ccccc2)ns1.CC(C)COc1ccccc1NC(=O)Nc1nc(C(C)C)ns1.CCc1nsc(NC(=O)Nc2ccccc2OCC(C)C)n1.COc1ccccc1C(=O)c1ccccc1NC(=O)Nc1ncns1.Cc1nsc(NC(=O)Nc2ccccc2OCC(C)C)n1. The molecule has 0 spiro atoms. The van der Waals surface area contributed by atoms with Gasteiger partial charge in [-0.1, -0.05) is 179 Å². The van der Waals surface area contributed by atoms with Crippen molar-refractivity contribution in [1.29, 1.82) is 0 Å². The van der Waals surface area contributed by atoms with E-state index in [2.05, 4.69) is 155 Å². The summed E-state index contributed by atoms with van der Waals surface area (Å²) in [5, 5.41) is 29.3. The van der Waals surface area contributed by atoms with Crippen LogP contribution in [0.4, 0.5) is 78.1 Å². The summed E-state index contributed by atoms with van der Waals surface area (Å²) < 4.78 is 48.5. The quantitative estimate of drug-likeness (QED) is 0.0204. The van der Waals surface area contributed by atoms with Crippen LogP contribution < -0.4 is 76.9 Å². The Morgan fingerprint density at radius 1 is 0.359 bits per heavy atom. The highest BCUT2D eigenvalue weighted by Crippen LogP contribution is 2.31. The third kappa shape index (κ3) is 31.2. The molecule has 36 heteroatoms. The number of benzene rings is 7. The number of methoxy groups -OCH3 is 1. The van der Waals surface area contributed by atoms with Crippen molar-refractivity contribution in [3.8, 4) is 40.1 Å². The molecule has 0 atom stereocenters. The van der Waals surface area contributed by atoms with E-state index in [1.165, 1.54) is 36.5 Å². The Bertz CT molecular complexity index is 5100. The van der Waals surface area contributed by atoms with Crippen LogP contribution in [0.25, 0.3) is 11.4 Å². The molecule has 10 N–H and O–H groups in total. The maximum atomic E-state index is 12.9. The highest BCUT2D eigenvalue weighted by Gasteiger charge is 2.21. The van der Waals surface area contributed by atoms with E-state index in [9.17, 15) is 28.8 Å². The van der Waals surface area contributed by atoms with Gasteiger partial charge in [0, 0.05) is 81.1 Å². The lowest BCUT2D eigenvalue weighted by atomic mass is 10.0. The summed E-state index contributed by atoms with van der Waals surface area (Å²) in [7, 11) is 1.51. The lowest BCUT2D eigenvalue weighted by molar-refractivity contribution is 0.103. The molecule has 12 rings (SSSR count). The van der Waals surface area contributed by atoms with Crippen LogP contribution in [0, 0.1) is 30.6 Å². The van der Waals surface area contributed by atoms with Crippen LogP contribution in [-0.4, -0.2) is 116 Å². The van der Waals surface area contributed by atoms with Crippen LogP contribution in [-0.2, 0) is 6.42 Å². The molecule has 0 fully saturated rings. The number of rotatable bonds is 28. The minimum absolute atomic E-state index is 0.232. The lowest BCUT2D eigenvalue weighted by Gasteiger charge is -2.13. The Morgan fingerprint density at radius 3 is 1.11 bits per heavy atom. The number of anilines is 10. The predicted octanol–water partition coefficient (Wildman–Crippen LogP) is 20.0. The van der Waals surface area contributed by atoms with Crippen LogP contribution in [0.15, 0.2) is 182 Å². The first-order chi connectivity index (χ1) is 56.4. The number of para-hydroxylation sites is 10. The molecule has 12 aromatic rings. The summed E-state index contributed by atoms with van der Waals surface area (Å²) in [4.78, 5) is 94.1. The van der Waals surface area contributed by atoms with Gasteiger partial charge in [-0.05, 0) is 103 Å². The molecule has 117 heavy (non-hydrogen) atoms. The second kappa shape index (κ2) is 47.3. The maximum absolute atomic E-state index is 12.9. The van der Waals surface area contributed by atoms with Crippen molar-refractivity contribution < 1.29 is 52.5 Å². The topological polar surface area (TPSA) is 398 Å². The van der Waals surface area contributed by atoms with Gasteiger partial charge in [-0.3, -0.25) is 31.4 Å². The van der Waals surface area contributed by atoms with Crippen molar-refractivity contribution in [2.75, 3.05) is 86.7 Å². The van der Waals surface area contributed by atoms with Crippen LogP contribution in [0.3, 0.4) is 0 Å². The monoisotopic (exact) mass is 1680 g/mol. The summed E-state index contributed by atoms with van der Waals surface area (Å²) in [5.74, 6) is 7.35. The first-order valence-electron chi connectivity index (χ1n) is 37.0. The fourth-order valence-electron chi connectivity index (χ4n) is 9.35. The molecule has 10 amide bonds. The number of ether oxygens (including phenoxy) is 5. The summed E-state index contributed by atoms with van der Waals surface area (Å²) in [6.07, 6.45) is 2.09. The zero-order valence-electron chi connectivity index (χ0n) is 66.7. The molecular weight excluding hydrogens is 1590 g/mol. The second-order valence-corrected chi connectivity index (χ2v) is 30.7. The smallest absolute Gasteiger partial charge is 0.325 e. The van der Waals surface area contributed by atoms with Gasteiger partial charge >= 0.3 is 30.2 Å². The van der Waals surface area contributed by atoms with Gasteiger partial charge in [-0.25, -0.2) is 43.9 Å². The normalized spacial score (nSPS) is 10.5. The minimum atomic E-state index is -0.503. The van der Waals surface area contributed by atoms with Crippen molar-refractivity contribution >= 4 is 148 Å². The molecule has 0 unspecified atom stereocenters. The summed E-state index contributed by atoms with van der Waals surface area (Å²) in [5.41, 5.74) is 4.56. The van der Waals surface area contributed by atoms with Gasteiger partial charge in [0.2, 0.25) is 25.7 Å². The van der Waals surface area contributed by atoms with Crippen LogP contribution in [0.5, 0.6) is 28.7 Å². The van der Waals surface area contributed by atoms with Crippen molar-refractivity contribution in [1.82, 2.24) is 46.8 Å². The molecule has 0 bridgehead atoms. The number of aromatic nitrogens is 10. The van der Waals surface area contributed by atoms with Crippen molar-refractivity contribution in [2.45, 2.75) is 95.4 Å². The fraction of sp³-hybridized carbons (Fsp3) is 0.284. The number of hydrogen-bond donors (Lipinski definition) is 10. The Morgan fingerprint density at radius 2 is 0.718 bits per heavy atom. The van der Waals surface area contributed by atoms with Gasteiger partial charge in [-0.2, -0.15) is 26.9 Å². The molecule has 5 aromatic heterocycles. The van der Waals surface area contributed by atoms with Crippen molar-refractivity contribution in [3.63, 3.8) is 0 Å². The molecule has 614 valence electrons. The molecule has 0 aliphatic rings. The number of nitrogens with one attached hydrogen (secondary N) is 10. The summed E-state index contributed by atoms with van der Waals surface area (Å²) in [6, 6.07) is 50.7. The third-order valence-corrected chi connectivity index (χ3v) is 18.0. The number of hydrogen-bond acceptors (Lipinski definition) is 26. The average molecular weight is 1680 g/mol. The molecule has 7 aromatic carbocycles. The van der Waals surface area contributed by atoms with Gasteiger partial charge in [0.15, 0.2) is 11.6 Å². The molecule has 0 radical (unpaired) electrons. The van der Waals surface area contributed by atoms with Gasteiger partial charge in [0.25, 0.3) is 0 Å². The predicted molar refractivity (Wildman–Crippen MR) is 466 cm³/mol. The Balaban J connectivity index is 0.000000183. The first-order valence-corrected chi connectivity index (χ1v) is 40.9. The van der Waals surface area contributed by atoms with E-state index >= 15 is 0 Å². The van der Waals surface area contributed by atoms with Crippen LogP contribution >= 0.6 is 57.7 Å². The highest BCUT2D eigenvalue weighted by molar-refractivity contribution is 7.11. The van der Waals surface area contributed by atoms with E-state index in [0.29, 0.717) is 156 Å². The molecule has 0 saturated carbocycles. The number of carbonyl (C=O) groups excluding carboxylic acids is 6. The van der Waals surface area contributed by atoms with E-state index in [1.807, 2.05) is 124 Å². The number of nitrogens with zero attached hydrogens (tertiary/aromatic N) is 10. The summed E-state index contributed by atoms with van der Waals surface area (Å²) in [6.45, 7) is 26.7. The molecule has 0 aliphatic carbocycles. The van der Waals surface area contributed by atoms with Gasteiger partial charge < -0.3 is 50.3 Å². The third-order valence-electron chi connectivity index (χ3n) is 14.8. The maximum Gasteiger partial charge on any atom is 0.325 e. The van der Waals surface area contributed by atoms with Crippen molar-refractivity contribution in [2.24, 2.45) is 23.7 Å². The molecule has 31 nitrogen and oxygen atoms in total. The van der Waals surface area contributed by atoms with Crippen molar-refractivity contribution in [3.05, 3.63) is 211 Å². The fourth-order valence-corrected chi connectivity index (χ4v) is 12.3. The average Bonchev–Trinajstić information content (AvgIpc) is 1.82. The Hall–Kier alpha value is -12.6. The Kier molecular flexibility index (Phi) is 36.3. The lowest BCUT2D eigenvalue weighted by Crippen LogP contribution is -2.21. The number of urea groups is 5. The number of aryl methyl sites for hydroxylation is 2. The highest BCUT2D eigenvalue weighted by atomic mass is 32.1. The van der Waals surface area contributed by atoms with Crippen LogP contribution in [0.1, 0.15) is 115 Å². The molecule has 0 aliphatic heterocycles. The van der Waals surface area contributed by atoms with E-state index in [-0.39, 0.29) is 35.8 Å².